The second-order valence-corrected chi connectivity index (χ2v) is 14.6. The highest BCUT2D eigenvalue weighted by atomic mass is 16.6. The molecule has 16 heteroatoms. The third kappa shape index (κ3) is 24.8. The van der Waals surface area contributed by atoms with E-state index in [4.69, 9.17) is 18.9 Å². The van der Waals surface area contributed by atoms with E-state index in [-0.39, 0.29) is 12.5 Å². The molecule has 0 aliphatic heterocycles. The van der Waals surface area contributed by atoms with E-state index in [2.05, 4.69) is 25.9 Å². The number of nitrogens with one attached hydrogen (secondary N) is 3. The van der Waals surface area contributed by atoms with Crippen LogP contribution in [-0.4, -0.2) is 87.9 Å². The number of unbranched alkanes of at least 4 members (excludes halogenated alkanes) is 5. The maximum absolute atomic E-state index is 12.4. The summed E-state index contributed by atoms with van der Waals surface area (Å²) in [5.74, 6) is -0.610. The SMILES string of the molecule is CC(C)(C)OC(=O)N=C(NC(=O)OC(C)(C)C)N(CCCCCCCCN=C(NC(=O)OC(C)(C)C)NC(=O)OC(C)(C)C)C(=O)O. The Kier molecular flexibility index (Phi) is 17.2. The van der Waals surface area contributed by atoms with Gasteiger partial charge in [0.25, 0.3) is 0 Å². The highest BCUT2D eigenvalue weighted by molar-refractivity contribution is 6.04. The largest absolute Gasteiger partial charge is 0.465 e. The molecule has 0 saturated heterocycles. The first-order valence-electron chi connectivity index (χ1n) is 15.6. The van der Waals surface area contributed by atoms with Gasteiger partial charge in [-0.15, -0.1) is 4.99 Å². The van der Waals surface area contributed by atoms with Gasteiger partial charge in [-0.25, -0.2) is 28.9 Å². The molecule has 0 aromatic carbocycles. The summed E-state index contributed by atoms with van der Waals surface area (Å²) in [5, 5.41) is 16.9. The number of hydrogen-bond donors (Lipinski definition) is 4. The molecule has 270 valence electrons. The van der Waals surface area contributed by atoms with Crippen LogP contribution in [0.15, 0.2) is 9.98 Å². The van der Waals surface area contributed by atoms with Crippen molar-refractivity contribution in [2.45, 2.75) is 144 Å². The number of carbonyl (C=O) groups is 5. The van der Waals surface area contributed by atoms with Crippen molar-refractivity contribution in [3.63, 3.8) is 0 Å². The normalized spacial score (nSPS) is 12.3. The van der Waals surface area contributed by atoms with Gasteiger partial charge < -0.3 is 24.1 Å². The molecule has 0 aromatic rings. The molecule has 16 nitrogen and oxygen atoms in total. The number of rotatable bonds is 9. The first-order chi connectivity index (χ1) is 21.3. The van der Waals surface area contributed by atoms with Gasteiger partial charge in [0, 0.05) is 13.1 Å². The van der Waals surface area contributed by atoms with Crippen molar-refractivity contribution in [2.24, 2.45) is 9.98 Å². The summed E-state index contributed by atoms with van der Waals surface area (Å²) in [6.07, 6.45) is -0.984. The molecule has 0 fully saturated rings. The standard InChI is InChI=1S/C31H56N6O10/c1-28(2,3)44-23(38)33-21(34-24(39)45-29(4,5)6)32-19-17-15-13-14-16-18-20-37(27(42)43)22(35-25(40)46-30(7,8)9)36-26(41)47-31(10,11)12/h13-20H2,1-12H3,(H,42,43)(H,35,36,40,41)(H2,32,33,34,38,39). The van der Waals surface area contributed by atoms with E-state index in [0.29, 0.717) is 25.8 Å². The van der Waals surface area contributed by atoms with E-state index in [1.165, 1.54) is 0 Å². The average Bonchev–Trinajstić information content (AvgIpc) is 2.79. The summed E-state index contributed by atoms with van der Waals surface area (Å²) >= 11 is 0. The molecule has 0 atom stereocenters. The highest BCUT2D eigenvalue weighted by Crippen LogP contribution is 2.12. The number of aliphatic imine (C=N–C) groups is 2. The Morgan fingerprint density at radius 3 is 1.36 bits per heavy atom. The van der Waals surface area contributed by atoms with Crippen LogP contribution in [0.4, 0.5) is 24.0 Å². The Labute approximate surface area is 278 Å². The van der Waals surface area contributed by atoms with Crippen LogP contribution in [0.2, 0.25) is 0 Å². The number of ether oxygens (including phenoxy) is 4. The highest BCUT2D eigenvalue weighted by Gasteiger charge is 2.26. The molecule has 0 unspecified atom stereocenters. The molecule has 0 rings (SSSR count). The molecule has 47 heavy (non-hydrogen) atoms. The molecule has 0 radical (unpaired) electrons. The van der Waals surface area contributed by atoms with Crippen molar-refractivity contribution in [1.29, 1.82) is 0 Å². The summed E-state index contributed by atoms with van der Waals surface area (Å²) in [5.41, 5.74) is -3.25. The Hall–Kier alpha value is -4.11. The lowest BCUT2D eigenvalue weighted by atomic mass is 10.1. The van der Waals surface area contributed by atoms with Crippen LogP contribution in [0, 0.1) is 0 Å². The van der Waals surface area contributed by atoms with Gasteiger partial charge in [-0.05, 0) is 95.9 Å². The molecular formula is C31H56N6O10. The number of hydrogen-bond acceptors (Lipinski definition) is 10. The molecule has 5 amide bonds. The Balaban J connectivity index is 5.14. The van der Waals surface area contributed by atoms with Crippen LogP contribution >= 0.6 is 0 Å². The van der Waals surface area contributed by atoms with Gasteiger partial charge >= 0.3 is 30.5 Å². The summed E-state index contributed by atoms with van der Waals surface area (Å²) in [7, 11) is 0. The van der Waals surface area contributed by atoms with Gasteiger partial charge in [-0.2, -0.15) is 0 Å². The average molecular weight is 673 g/mol. The van der Waals surface area contributed by atoms with Crippen LogP contribution in [0.25, 0.3) is 0 Å². The van der Waals surface area contributed by atoms with Crippen LogP contribution in [0.1, 0.15) is 122 Å². The van der Waals surface area contributed by atoms with Gasteiger partial charge in [0.1, 0.15) is 22.4 Å². The summed E-state index contributed by atoms with van der Waals surface area (Å²) in [6, 6.07) is 0. The van der Waals surface area contributed by atoms with E-state index in [1.54, 1.807) is 83.1 Å². The van der Waals surface area contributed by atoms with Crippen LogP contribution in [0.3, 0.4) is 0 Å². The summed E-state index contributed by atoms with van der Waals surface area (Å²) in [4.78, 5) is 69.9. The zero-order valence-corrected chi connectivity index (χ0v) is 30.1. The van der Waals surface area contributed by atoms with E-state index >= 15 is 0 Å². The fourth-order valence-corrected chi connectivity index (χ4v) is 3.40. The Morgan fingerprint density at radius 1 is 0.574 bits per heavy atom. The zero-order valence-electron chi connectivity index (χ0n) is 30.1. The van der Waals surface area contributed by atoms with Crippen molar-refractivity contribution in [3.8, 4) is 0 Å². The molecular weight excluding hydrogens is 616 g/mol. The number of nitrogens with zero attached hydrogens (tertiary/aromatic N) is 3. The van der Waals surface area contributed by atoms with Crippen molar-refractivity contribution >= 4 is 42.4 Å². The number of alkyl carbamates (subject to hydrolysis) is 3. The fourth-order valence-electron chi connectivity index (χ4n) is 3.40. The molecule has 0 aliphatic rings. The van der Waals surface area contributed by atoms with E-state index < -0.39 is 58.8 Å². The third-order valence-corrected chi connectivity index (χ3v) is 4.99. The monoisotopic (exact) mass is 672 g/mol. The van der Waals surface area contributed by atoms with Crippen LogP contribution in [0.5, 0.6) is 0 Å². The first kappa shape index (κ1) is 42.9. The van der Waals surface area contributed by atoms with Gasteiger partial charge in [-0.3, -0.25) is 20.9 Å². The number of carbonyl (C=O) groups excluding carboxylic acids is 4. The minimum absolute atomic E-state index is 0.0485. The maximum Gasteiger partial charge on any atom is 0.437 e. The third-order valence-electron chi connectivity index (χ3n) is 4.99. The zero-order chi connectivity index (χ0) is 36.6. The number of amides is 5. The minimum atomic E-state index is -1.42. The predicted molar refractivity (Wildman–Crippen MR) is 177 cm³/mol. The summed E-state index contributed by atoms with van der Waals surface area (Å²) in [6.45, 7) is 20.3. The van der Waals surface area contributed by atoms with E-state index in [9.17, 15) is 29.1 Å². The lowest BCUT2D eigenvalue weighted by molar-refractivity contribution is 0.0527. The second-order valence-electron chi connectivity index (χ2n) is 14.6. The lowest BCUT2D eigenvalue weighted by Crippen LogP contribution is -2.49. The molecule has 0 bridgehead atoms. The van der Waals surface area contributed by atoms with Crippen molar-refractivity contribution in [3.05, 3.63) is 0 Å². The number of guanidine groups is 2. The van der Waals surface area contributed by atoms with Gasteiger partial charge in [0.2, 0.25) is 11.9 Å². The first-order valence-corrected chi connectivity index (χ1v) is 15.6. The molecule has 0 aromatic heterocycles. The fraction of sp³-hybridized carbons (Fsp3) is 0.774. The van der Waals surface area contributed by atoms with Crippen LogP contribution < -0.4 is 16.0 Å². The lowest BCUT2D eigenvalue weighted by Gasteiger charge is -2.24. The summed E-state index contributed by atoms with van der Waals surface area (Å²) < 4.78 is 20.8. The molecule has 4 N–H and O–H groups in total. The van der Waals surface area contributed by atoms with E-state index in [1.807, 2.05) is 0 Å². The van der Waals surface area contributed by atoms with E-state index in [0.717, 1.165) is 24.2 Å². The molecule has 0 saturated carbocycles. The Morgan fingerprint density at radius 2 is 0.957 bits per heavy atom. The minimum Gasteiger partial charge on any atom is -0.465 e. The molecule has 0 spiro atoms. The van der Waals surface area contributed by atoms with Crippen molar-refractivity contribution < 1.29 is 48.0 Å². The molecule has 0 heterocycles. The number of carboxylic acid groups (broad SMARTS) is 1. The van der Waals surface area contributed by atoms with Crippen molar-refractivity contribution in [2.75, 3.05) is 13.1 Å². The Bertz CT molecular complexity index is 1090. The quantitative estimate of drug-likeness (QED) is 0.0901. The topological polar surface area (TPSA) is 207 Å². The molecule has 0 aliphatic carbocycles. The van der Waals surface area contributed by atoms with Gasteiger partial charge in [0.05, 0.1) is 0 Å². The van der Waals surface area contributed by atoms with Gasteiger partial charge in [-0.1, -0.05) is 25.7 Å². The smallest absolute Gasteiger partial charge is 0.437 e. The maximum atomic E-state index is 12.4. The van der Waals surface area contributed by atoms with Crippen molar-refractivity contribution in [1.82, 2.24) is 20.9 Å². The van der Waals surface area contributed by atoms with Gasteiger partial charge in [0.15, 0.2) is 0 Å². The second kappa shape index (κ2) is 18.9. The van der Waals surface area contributed by atoms with Crippen LogP contribution in [-0.2, 0) is 18.9 Å². The predicted octanol–water partition coefficient (Wildman–Crippen LogP) is 6.53.